The lowest BCUT2D eigenvalue weighted by Crippen LogP contribution is -2.65. The molecule has 0 aromatic heterocycles. The smallest absolute Gasteiger partial charge is 0.331 e. The van der Waals surface area contributed by atoms with E-state index in [9.17, 15) is 66.1 Å². The normalized spacial score (nSPS) is 36.9. The van der Waals surface area contributed by atoms with Crippen molar-refractivity contribution in [3.8, 4) is 23.0 Å². The Morgan fingerprint density at radius 2 is 1.31 bits per heavy atom. The molecule has 3 heterocycles. The van der Waals surface area contributed by atoms with E-state index < -0.39 is 129 Å². The van der Waals surface area contributed by atoms with Crippen LogP contribution in [-0.2, 0) is 44.4 Å². The van der Waals surface area contributed by atoms with Gasteiger partial charge in [-0.3, -0.25) is 0 Å². The second-order valence-corrected chi connectivity index (χ2v) is 13.3. The number of phenolic OH excluding ortho intramolecular Hbond substituents is 4. The number of aromatic hydroxyl groups is 4. The minimum atomic E-state index is -1.91. The molecule has 12 N–H and O–H groups in total. The van der Waals surface area contributed by atoms with Crippen LogP contribution in [0.15, 0.2) is 42.5 Å². The molecular formula is C35H46O20. The van der Waals surface area contributed by atoms with Gasteiger partial charge in [0.05, 0.1) is 25.9 Å². The molecule has 20 heteroatoms. The number of rotatable bonds is 13. The maximum absolute atomic E-state index is 13.1. The lowest BCUT2D eigenvalue weighted by atomic mass is 9.96. The Balaban J connectivity index is 1.41. The highest BCUT2D eigenvalue weighted by atomic mass is 16.8. The van der Waals surface area contributed by atoms with Gasteiger partial charge in [0.1, 0.15) is 61.0 Å². The van der Waals surface area contributed by atoms with Gasteiger partial charge in [0, 0.05) is 6.08 Å². The van der Waals surface area contributed by atoms with Crippen molar-refractivity contribution in [2.75, 3.05) is 19.8 Å². The maximum Gasteiger partial charge on any atom is 0.331 e. The predicted molar refractivity (Wildman–Crippen MR) is 180 cm³/mol. The molecule has 5 rings (SSSR count). The first-order valence-corrected chi connectivity index (χ1v) is 17.2. The molecule has 0 saturated carbocycles. The summed E-state index contributed by atoms with van der Waals surface area (Å²) in [6, 6.07) is 7.77. The fourth-order valence-corrected chi connectivity index (χ4v) is 6.13. The van der Waals surface area contributed by atoms with Crippen LogP contribution < -0.4 is 0 Å². The van der Waals surface area contributed by atoms with Crippen LogP contribution in [0.4, 0.5) is 0 Å². The van der Waals surface area contributed by atoms with Gasteiger partial charge in [-0.15, -0.1) is 0 Å². The zero-order valence-electron chi connectivity index (χ0n) is 29.2. The van der Waals surface area contributed by atoms with Crippen LogP contribution >= 0.6 is 0 Å². The van der Waals surface area contributed by atoms with Gasteiger partial charge in [0.15, 0.2) is 48.0 Å². The molecule has 3 aliphatic heterocycles. The van der Waals surface area contributed by atoms with Crippen molar-refractivity contribution in [3.05, 3.63) is 53.6 Å². The van der Waals surface area contributed by atoms with Gasteiger partial charge in [-0.05, 0) is 54.8 Å². The van der Waals surface area contributed by atoms with Crippen LogP contribution in [0.2, 0.25) is 0 Å². The second kappa shape index (κ2) is 18.5. The number of hydrogen-bond donors (Lipinski definition) is 12. The van der Waals surface area contributed by atoms with Gasteiger partial charge in [0.25, 0.3) is 0 Å². The fraction of sp³-hybridized carbons (Fsp3) is 0.571. The van der Waals surface area contributed by atoms with Crippen LogP contribution in [0.1, 0.15) is 18.1 Å². The lowest BCUT2D eigenvalue weighted by Gasteiger charge is -2.47. The zero-order valence-corrected chi connectivity index (χ0v) is 29.2. The monoisotopic (exact) mass is 786 g/mol. The summed E-state index contributed by atoms with van der Waals surface area (Å²) in [6.07, 6.45) is -22.4. The van der Waals surface area contributed by atoms with E-state index in [-0.39, 0.29) is 24.3 Å². The summed E-state index contributed by atoms with van der Waals surface area (Å²) in [6.45, 7) is -0.241. The van der Waals surface area contributed by atoms with Gasteiger partial charge < -0.3 is 94.4 Å². The largest absolute Gasteiger partial charge is 0.504 e. The molecule has 2 aromatic rings. The van der Waals surface area contributed by atoms with Gasteiger partial charge in [0.2, 0.25) is 0 Å². The average Bonchev–Trinajstić information content (AvgIpc) is 3.16. The first kappa shape index (κ1) is 42.4. The molecule has 0 amide bonds. The number of phenols is 4. The molecule has 20 nitrogen and oxygen atoms in total. The predicted octanol–water partition coefficient (Wildman–Crippen LogP) is -3.19. The summed E-state index contributed by atoms with van der Waals surface area (Å²) in [5, 5.41) is 123. The lowest BCUT2D eigenvalue weighted by molar-refractivity contribution is -0.365. The number of aliphatic hydroxyl groups excluding tert-OH is 8. The Kier molecular flexibility index (Phi) is 14.3. The first-order chi connectivity index (χ1) is 26.1. The average molecular weight is 787 g/mol. The van der Waals surface area contributed by atoms with E-state index in [1.165, 1.54) is 43.3 Å². The quantitative estimate of drug-likeness (QED) is 0.0541. The third-order valence-electron chi connectivity index (χ3n) is 9.37. The van der Waals surface area contributed by atoms with Crippen LogP contribution in [0.25, 0.3) is 6.08 Å². The highest BCUT2D eigenvalue weighted by Crippen LogP contribution is 2.33. The van der Waals surface area contributed by atoms with Crippen LogP contribution in [-0.4, -0.2) is 179 Å². The molecule has 0 radical (unpaired) electrons. The molecule has 15 atom stereocenters. The van der Waals surface area contributed by atoms with Crippen molar-refractivity contribution < 1.29 is 99.2 Å². The summed E-state index contributed by atoms with van der Waals surface area (Å²) < 4.78 is 40.1. The van der Waals surface area contributed by atoms with E-state index in [2.05, 4.69) is 0 Å². The highest BCUT2D eigenvalue weighted by molar-refractivity contribution is 5.87. The molecular weight excluding hydrogens is 740 g/mol. The Hall–Kier alpha value is -3.71. The molecule has 0 spiro atoms. The van der Waals surface area contributed by atoms with Gasteiger partial charge in [-0.2, -0.15) is 0 Å². The number of ether oxygens (including phenoxy) is 7. The van der Waals surface area contributed by atoms with Gasteiger partial charge >= 0.3 is 5.97 Å². The molecule has 0 bridgehead atoms. The molecule has 306 valence electrons. The van der Waals surface area contributed by atoms with E-state index in [1.54, 1.807) is 0 Å². The van der Waals surface area contributed by atoms with Crippen molar-refractivity contribution in [1.29, 1.82) is 0 Å². The summed E-state index contributed by atoms with van der Waals surface area (Å²) in [7, 11) is 0. The summed E-state index contributed by atoms with van der Waals surface area (Å²) in [5.74, 6) is -2.68. The third kappa shape index (κ3) is 10.0. The Morgan fingerprint density at radius 3 is 1.98 bits per heavy atom. The van der Waals surface area contributed by atoms with Crippen molar-refractivity contribution >= 4 is 12.0 Å². The number of esters is 1. The van der Waals surface area contributed by atoms with Crippen molar-refractivity contribution in [2.45, 2.75) is 105 Å². The molecule has 2 aromatic carbocycles. The molecule has 3 saturated heterocycles. The van der Waals surface area contributed by atoms with E-state index >= 15 is 0 Å². The molecule has 0 aliphatic carbocycles. The van der Waals surface area contributed by atoms with E-state index in [1.807, 2.05) is 0 Å². The maximum atomic E-state index is 13.1. The second-order valence-electron chi connectivity index (χ2n) is 13.3. The molecule has 0 unspecified atom stereocenters. The Morgan fingerprint density at radius 1 is 0.673 bits per heavy atom. The zero-order chi connectivity index (χ0) is 40.1. The molecule has 3 fully saturated rings. The SMILES string of the molecule is C[C@@H]1O[C@H](O[C@H]2[C@H](O)[C@@H](OC(=O)/C=C/c3ccc(O)c(O)c3)[C@H](OCCc3ccc(O)c(O)c3)O[C@@H]2CO[C@@H]2O[C@H](CO)[C@@H](O)[C@H](O)[C@H]2O)[C@H](O)[C@H](O)[C@H]1O. The molecule has 55 heavy (non-hydrogen) atoms. The van der Waals surface area contributed by atoms with Crippen LogP contribution in [0.5, 0.6) is 23.0 Å². The van der Waals surface area contributed by atoms with Crippen molar-refractivity contribution in [2.24, 2.45) is 0 Å². The van der Waals surface area contributed by atoms with Crippen molar-refractivity contribution in [1.82, 2.24) is 0 Å². The number of aliphatic hydroxyl groups is 8. The summed E-state index contributed by atoms with van der Waals surface area (Å²) in [4.78, 5) is 13.1. The van der Waals surface area contributed by atoms with E-state index in [4.69, 9.17) is 33.2 Å². The topological polar surface area (TPSA) is 324 Å². The Bertz CT molecular complexity index is 1610. The third-order valence-corrected chi connectivity index (χ3v) is 9.37. The van der Waals surface area contributed by atoms with Crippen LogP contribution in [0.3, 0.4) is 0 Å². The summed E-state index contributed by atoms with van der Waals surface area (Å²) >= 11 is 0. The van der Waals surface area contributed by atoms with Gasteiger partial charge in [-0.1, -0.05) is 12.1 Å². The number of hydrogen-bond acceptors (Lipinski definition) is 20. The minimum absolute atomic E-state index is 0.0981. The first-order valence-electron chi connectivity index (χ1n) is 17.2. The molecule has 3 aliphatic rings. The van der Waals surface area contributed by atoms with Crippen molar-refractivity contribution in [3.63, 3.8) is 0 Å². The van der Waals surface area contributed by atoms with Gasteiger partial charge in [-0.25, -0.2) is 4.79 Å². The fourth-order valence-electron chi connectivity index (χ4n) is 6.13. The number of carbonyl (C=O) groups is 1. The van der Waals surface area contributed by atoms with Crippen LogP contribution in [0, 0.1) is 0 Å². The van der Waals surface area contributed by atoms with E-state index in [0.29, 0.717) is 5.56 Å². The van der Waals surface area contributed by atoms with E-state index in [0.717, 1.165) is 12.1 Å². The number of carbonyl (C=O) groups excluding carboxylic acids is 1. The Labute approximate surface area is 313 Å². The highest BCUT2D eigenvalue weighted by Gasteiger charge is 2.53. The minimum Gasteiger partial charge on any atom is -0.504 e. The standard InChI is InChI=1S/C35H46O20/c1-14-24(42)26(44)29(47)34(51-14)55-31-22(13-50-33-28(46)27(45)25(43)21(12-36)52-33)53-35(49-9-8-16-3-6-18(38)20(40)11-16)32(30(31)48)54-23(41)7-4-15-2-5-17(37)19(39)10-15/h2-7,10-11,14,21-22,24-40,42-48H,8-9,12-13H2,1H3/b7-4+/t14-,21+,22+,24-,25+,26+,27-,28+,29+,30-,31+,32+,33+,34+,35+/m0/s1. The number of benzene rings is 2. The summed E-state index contributed by atoms with van der Waals surface area (Å²) in [5.41, 5.74) is 0.782.